The van der Waals surface area contributed by atoms with E-state index >= 15 is 0 Å². The highest BCUT2D eigenvalue weighted by atomic mass is 19.3. The first kappa shape index (κ1) is 11.7. The molecule has 0 amide bonds. The number of carboxylic acid groups (broad SMARTS) is 1. The number of alkyl halides is 4. The summed E-state index contributed by atoms with van der Waals surface area (Å²) >= 11 is 0. The zero-order valence-electron chi connectivity index (χ0n) is 8.43. The topological polar surface area (TPSA) is 37.3 Å². The molecule has 2 saturated carbocycles. The molecule has 0 aromatic rings. The van der Waals surface area contributed by atoms with Crippen LogP contribution in [0.1, 0.15) is 25.7 Å². The van der Waals surface area contributed by atoms with Crippen molar-refractivity contribution in [1.29, 1.82) is 0 Å². The highest BCUT2D eigenvalue weighted by Gasteiger charge is 2.61. The summed E-state index contributed by atoms with van der Waals surface area (Å²) in [4.78, 5) is 10.7. The van der Waals surface area contributed by atoms with Gasteiger partial charge >= 0.3 is 5.97 Å². The first-order valence-electron chi connectivity index (χ1n) is 5.21. The van der Waals surface area contributed by atoms with E-state index in [0.717, 1.165) is 0 Å². The van der Waals surface area contributed by atoms with Gasteiger partial charge in [0.1, 0.15) is 0 Å². The zero-order chi connectivity index (χ0) is 12.1. The SMILES string of the molecule is O=C(O)C1CC2CC(F)(F)CC(C1)C2(F)F. The minimum atomic E-state index is -3.13. The standard InChI is InChI=1S/C10H12F4O2/c11-9(12)3-6-1-5(8(15)16)2-7(4-9)10(6,13)14/h5-7H,1-4H2,(H,15,16). The Kier molecular flexibility index (Phi) is 2.44. The molecule has 2 aliphatic rings. The molecule has 0 heterocycles. The van der Waals surface area contributed by atoms with E-state index in [1.54, 1.807) is 0 Å². The van der Waals surface area contributed by atoms with Crippen molar-refractivity contribution in [1.82, 2.24) is 0 Å². The second-order valence-corrected chi connectivity index (χ2v) is 4.84. The van der Waals surface area contributed by atoms with E-state index < -0.39 is 48.4 Å². The summed E-state index contributed by atoms with van der Waals surface area (Å²) in [5, 5.41) is 8.76. The van der Waals surface area contributed by atoms with Crippen molar-refractivity contribution >= 4 is 5.97 Å². The number of aliphatic carboxylic acids is 1. The number of hydrogen-bond donors (Lipinski definition) is 1. The molecule has 2 aliphatic carbocycles. The third-order valence-corrected chi connectivity index (χ3v) is 3.67. The van der Waals surface area contributed by atoms with Crippen LogP contribution in [0.4, 0.5) is 17.6 Å². The van der Waals surface area contributed by atoms with Gasteiger partial charge in [-0.25, -0.2) is 17.6 Å². The summed E-state index contributed by atoms with van der Waals surface area (Å²) in [7, 11) is 0. The molecule has 92 valence electrons. The summed E-state index contributed by atoms with van der Waals surface area (Å²) in [6.07, 6.45) is -2.45. The molecule has 0 aromatic carbocycles. The van der Waals surface area contributed by atoms with E-state index in [0.29, 0.717) is 0 Å². The molecule has 1 N–H and O–H groups in total. The molecule has 6 heteroatoms. The lowest BCUT2D eigenvalue weighted by molar-refractivity contribution is -0.225. The molecular weight excluding hydrogens is 228 g/mol. The van der Waals surface area contributed by atoms with Gasteiger partial charge in [-0.2, -0.15) is 0 Å². The lowest BCUT2D eigenvalue weighted by Gasteiger charge is -2.46. The molecule has 2 rings (SSSR count). The van der Waals surface area contributed by atoms with Crippen LogP contribution >= 0.6 is 0 Å². The normalized spacial score (nSPS) is 40.4. The summed E-state index contributed by atoms with van der Waals surface area (Å²) in [5.74, 6) is -11.2. The van der Waals surface area contributed by atoms with Gasteiger partial charge in [0, 0.05) is 24.7 Å². The summed E-state index contributed by atoms with van der Waals surface area (Å²) in [6, 6.07) is 0. The minimum absolute atomic E-state index is 0.339. The molecule has 16 heavy (non-hydrogen) atoms. The van der Waals surface area contributed by atoms with Crippen molar-refractivity contribution < 1.29 is 27.5 Å². The average Bonchev–Trinajstić information content (AvgIpc) is 2.07. The lowest BCUT2D eigenvalue weighted by atomic mass is 9.64. The molecule has 2 nitrogen and oxygen atoms in total. The minimum Gasteiger partial charge on any atom is -0.481 e. The summed E-state index contributed by atoms with van der Waals surface area (Å²) < 4.78 is 53.4. The molecule has 2 atom stereocenters. The number of halogens is 4. The number of hydrogen-bond acceptors (Lipinski definition) is 1. The fourth-order valence-corrected chi connectivity index (χ4v) is 2.88. The van der Waals surface area contributed by atoms with Crippen molar-refractivity contribution in [2.75, 3.05) is 0 Å². The first-order chi connectivity index (χ1) is 7.22. The third-order valence-electron chi connectivity index (χ3n) is 3.67. The van der Waals surface area contributed by atoms with Gasteiger partial charge in [0.2, 0.25) is 5.92 Å². The Morgan fingerprint density at radius 2 is 1.50 bits per heavy atom. The monoisotopic (exact) mass is 240 g/mol. The van der Waals surface area contributed by atoms with Crippen molar-refractivity contribution in [3.63, 3.8) is 0 Å². The molecule has 0 aliphatic heterocycles. The number of fused-ring (bicyclic) bond motifs is 2. The maximum atomic E-state index is 13.6. The van der Waals surface area contributed by atoms with Crippen LogP contribution in [0.25, 0.3) is 0 Å². The van der Waals surface area contributed by atoms with Crippen LogP contribution in [-0.4, -0.2) is 22.9 Å². The maximum absolute atomic E-state index is 13.6. The molecular formula is C10H12F4O2. The van der Waals surface area contributed by atoms with Gasteiger partial charge in [0.05, 0.1) is 5.92 Å². The fraction of sp³-hybridized carbons (Fsp3) is 0.900. The maximum Gasteiger partial charge on any atom is 0.306 e. The smallest absolute Gasteiger partial charge is 0.306 e. The van der Waals surface area contributed by atoms with E-state index in [4.69, 9.17) is 5.11 Å². The van der Waals surface area contributed by atoms with E-state index in [1.807, 2.05) is 0 Å². The second kappa shape index (κ2) is 3.34. The second-order valence-electron chi connectivity index (χ2n) is 4.84. The molecule has 2 unspecified atom stereocenters. The third kappa shape index (κ3) is 1.78. The Hall–Kier alpha value is -0.810. The number of rotatable bonds is 1. The molecule has 0 spiro atoms. The molecule has 0 aromatic heterocycles. The van der Waals surface area contributed by atoms with Gasteiger partial charge in [-0.3, -0.25) is 4.79 Å². The van der Waals surface area contributed by atoms with Gasteiger partial charge in [0.25, 0.3) is 5.92 Å². The van der Waals surface area contributed by atoms with Crippen molar-refractivity contribution in [3.8, 4) is 0 Å². The molecule has 2 bridgehead atoms. The van der Waals surface area contributed by atoms with E-state index in [9.17, 15) is 22.4 Å². The van der Waals surface area contributed by atoms with Gasteiger partial charge < -0.3 is 5.11 Å². The molecule has 0 saturated heterocycles. The van der Waals surface area contributed by atoms with Crippen LogP contribution in [0.2, 0.25) is 0 Å². The van der Waals surface area contributed by atoms with Crippen molar-refractivity contribution in [3.05, 3.63) is 0 Å². The Balaban J connectivity index is 2.23. The fourth-order valence-electron chi connectivity index (χ4n) is 2.88. The molecule has 0 radical (unpaired) electrons. The Bertz CT molecular complexity index is 296. The predicted octanol–water partition coefficient (Wildman–Crippen LogP) is 2.78. The van der Waals surface area contributed by atoms with Gasteiger partial charge in [0.15, 0.2) is 0 Å². The van der Waals surface area contributed by atoms with E-state index in [-0.39, 0.29) is 12.8 Å². The quantitative estimate of drug-likeness (QED) is 0.715. The number of carboxylic acids is 1. The highest BCUT2D eigenvalue weighted by molar-refractivity contribution is 5.70. The van der Waals surface area contributed by atoms with Crippen LogP contribution < -0.4 is 0 Å². The first-order valence-corrected chi connectivity index (χ1v) is 5.21. The van der Waals surface area contributed by atoms with E-state index in [2.05, 4.69) is 0 Å². The van der Waals surface area contributed by atoms with Crippen LogP contribution in [0.3, 0.4) is 0 Å². The molecule has 2 fully saturated rings. The van der Waals surface area contributed by atoms with Crippen LogP contribution in [0, 0.1) is 17.8 Å². The van der Waals surface area contributed by atoms with Crippen LogP contribution in [0.5, 0.6) is 0 Å². The summed E-state index contributed by atoms with van der Waals surface area (Å²) in [5.41, 5.74) is 0. The van der Waals surface area contributed by atoms with Crippen molar-refractivity contribution in [2.24, 2.45) is 17.8 Å². The van der Waals surface area contributed by atoms with Crippen LogP contribution in [0.15, 0.2) is 0 Å². The summed E-state index contributed by atoms with van der Waals surface area (Å²) in [6.45, 7) is 0. The van der Waals surface area contributed by atoms with Gasteiger partial charge in [-0.05, 0) is 12.8 Å². The zero-order valence-corrected chi connectivity index (χ0v) is 8.43. The Labute approximate surface area is 89.6 Å². The largest absolute Gasteiger partial charge is 0.481 e. The highest BCUT2D eigenvalue weighted by Crippen LogP contribution is 2.56. The van der Waals surface area contributed by atoms with Crippen LogP contribution in [-0.2, 0) is 4.79 Å². The van der Waals surface area contributed by atoms with E-state index in [1.165, 1.54) is 0 Å². The van der Waals surface area contributed by atoms with Gasteiger partial charge in [-0.1, -0.05) is 0 Å². The Morgan fingerprint density at radius 3 is 1.88 bits per heavy atom. The lowest BCUT2D eigenvalue weighted by Crippen LogP contribution is -2.52. The predicted molar refractivity (Wildman–Crippen MR) is 46.5 cm³/mol. The number of carbonyl (C=O) groups is 1. The van der Waals surface area contributed by atoms with Crippen molar-refractivity contribution in [2.45, 2.75) is 37.5 Å². The van der Waals surface area contributed by atoms with Gasteiger partial charge in [-0.15, -0.1) is 0 Å². The average molecular weight is 240 g/mol. The Morgan fingerprint density at radius 1 is 1.06 bits per heavy atom.